The van der Waals surface area contributed by atoms with E-state index in [2.05, 4.69) is 15.9 Å². The normalized spacial score (nSPS) is 15.0. The van der Waals surface area contributed by atoms with Crippen molar-refractivity contribution < 1.29 is 15.0 Å². The SMILES string of the molecule is Cc1c2c(c(Br)c(O)c1C(C)(C)CC(=O)O)CCCC2. The van der Waals surface area contributed by atoms with Crippen molar-refractivity contribution in [2.45, 2.75) is 58.3 Å². The Hall–Kier alpha value is -1.03. The molecule has 0 fully saturated rings. The molecule has 0 spiro atoms. The Bertz CT molecular complexity index is 562. The van der Waals surface area contributed by atoms with E-state index in [1.54, 1.807) is 0 Å². The molecule has 0 heterocycles. The zero-order chi connectivity index (χ0) is 15.1. The number of benzene rings is 1. The Kier molecular flexibility index (Phi) is 4.14. The summed E-state index contributed by atoms with van der Waals surface area (Å²) >= 11 is 3.51. The summed E-state index contributed by atoms with van der Waals surface area (Å²) in [4.78, 5) is 11.1. The third-order valence-electron chi connectivity index (χ3n) is 4.28. The quantitative estimate of drug-likeness (QED) is 0.870. The maximum Gasteiger partial charge on any atom is 0.304 e. The van der Waals surface area contributed by atoms with Gasteiger partial charge in [0.25, 0.3) is 0 Å². The molecule has 0 saturated heterocycles. The summed E-state index contributed by atoms with van der Waals surface area (Å²) < 4.78 is 0.756. The molecule has 0 bridgehead atoms. The average Bonchev–Trinajstić information content (AvgIpc) is 2.34. The number of hydrogen-bond donors (Lipinski definition) is 2. The minimum atomic E-state index is -0.845. The molecule has 0 saturated carbocycles. The van der Waals surface area contributed by atoms with E-state index in [9.17, 15) is 9.90 Å². The lowest BCUT2D eigenvalue weighted by atomic mass is 9.75. The van der Waals surface area contributed by atoms with Gasteiger partial charge in [-0.2, -0.15) is 0 Å². The molecule has 0 aliphatic heterocycles. The van der Waals surface area contributed by atoms with Crippen LogP contribution in [-0.2, 0) is 23.1 Å². The van der Waals surface area contributed by atoms with Gasteiger partial charge >= 0.3 is 5.97 Å². The Balaban J connectivity index is 2.65. The fraction of sp³-hybridized carbons (Fsp3) is 0.562. The summed E-state index contributed by atoms with van der Waals surface area (Å²) in [6, 6.07) is 0. The van der Waals surface area contributed by atoms with E-state index in [1.165, 1.54) is 11.1 Å². The largest absolute Gasteiger partial charge is 0.506 e. The summed E-state index contributed by atoms with van der Waals surface area (Å²) in [6.07, 6.45) is 4.29. The van der Waals surface area contributed by atoms with Crippen molar-refractivity contribution in [1.29, 1.82) is 0 Å². The summed E-state index contributed by atoms with van der Waals surface area (Å²) in [5.74, 6) is -0.628. The molecule has 0 radical (unpaired) electrons. The minimum absolute atomic E-state index is 0.00657. The number of hydrogen-bond acceptors (Lipinski definition) is 2. The first kappa shape index (κ1) is 15.4. The van der Waals surface area contributed by atoms with Crippen LogP contribution >= 0.6 is 15.9 Å². The van der Waals surface area contributed by atoms with Gasteiger partial charge in [0.2, 0.25) is 0 Å². The number of carboxylic acids is 1. The van der Waals surface area contributed by atoms with Crippen LogP contribution in [0.1, 0.15) is 55.4 Å². The molecule has 4 heteroatoms. The molecule has 110 valence electrons. The van der Waals surface area contributed by atoms with E-state index in [1.807, 2.05) is 20.8 Å². The van der Waals surface area contributed by atoms with Crippen LogP contribution in [0, 0.1) is 6.92 Å². The van der Waals surface area contributed by atoms with Crippen molar-refractivity contribution in [1.82, 2.24) is 0 Å². The third-order valence-corrected chi connectivity index (χ3v) is 5.13. The average molecular weight is 341 g/mol. The van der Waals surface area contributed by atoms with Crippen molar-refractivity contribution >= 4 is 21.9 Å². The Labute approximate surface area is 128 Å². The molecular weight excluding hydrogens is 320 g/mol. The summed E-state index contributed by atoms with van der Waals surface area (Å²) in [6.45, 7) is 5.77. The van der Waals surface area contributed by atoms with Gasteiger partial charge in [-0.25, -0.2) is 0 Å². The van der Waals surface area contributed by atoms with Gasteiger partial charge < -0.3 is 10.2 Å². The first-order chi connectivity index (χ1) is 9.25. The van der Waals surface area contributed by atoms with Crippen molar-refractivity contribution in [2.75, 3.05) is 0 Å². The minimum Gasteiger partial charge on any atom is -0.506 e. The number of phenols is 1. The second-order valence-electron chi connectivity index (χ2n) is 6.28. The maximum absolute atomic E-state index is 11.1. The van der Waals surface area contributed by atoms with Gasteiger partial charge in [0.05, 0.1) is 10.9 Å². The number of rotatable bonds is 3. The van der Waals surface area contributed by atoms with E-state index in [0.717, 1.165) is 41.3 Å². The second-order valence-corrected chi connectivity index (χ2v) is 7.07. The molecule has 2 rings (SSSR count). The predicted octanol–water partition coefficient (Wildman–Crippen LogP) is 4.09. The molecule has 20 heavy (non-hydrogen) atoms. The summed E-state index contributed by atoms with van der Waals surface area (Å²) in [5, 5.41) is 19.6. The molecule has 2 N–H and O–H groups in total. The Morgan fingerprint density at radius 2 is 1.80 bits per heavy atom. The number of carbonyl (C=O) groups is 1. The first-order valence-electron chi connectivity index (χ1n) is 7.00. The van der Waals surface area contributed by atoms with Gasteiger partial charge in [0, 0.05) is 11.0 Å². The standard InChI is InChI=1S/C16H21BrO3/c1-9-10-6-4-5-7-11(10)14(17)15(20)13(9)16(2,3)8-12(18)19/h20H,4-8H2,1-3H3,(H,18,19). The maximum atomic E-state index is 11.1. The van der Waals surface area contributed by atoms with E-state index in [0.29, 0.717) is 0 Å². The van der Waals surface area contributed by atoms with Gasteiger partial charge in [0.1, 0.15) is 5.75 Å². The lowest BCUT2D eigenvalue weighted by molar-refractivity contribution is -0.138. The molecule has 1 aliphatic carbocycles. The highest BCUT2D eigenvalue weighted by molar-refractivity contribution is 9.10. The highest BCUT2D eigenvalue weighted by atomic mass is 79.9. The smallest absolute Gasteiger partial charge is 0.304 e. The van der Waals surface area contributed by atoms with Crippen LogP contribution in [0.3, 0.4) is 0 Å². The van der Waals surface area contributed by atoms with Crippen LogP contribution < -0.4 is 0 Å². The highest BCUT2D eigenvalue weighted by Crippen LogP contribution is 2.46. The molecule has 0 aromatic heterocycles. The van der Waals surface area contributed by atoms with E-state index >= 15 is 0 Å². The summed E-state index contributed by atoms with van der Waals surface area (Å²) in [7, 11) is 0. The predicted molar refractivity (Wildman–Crippen MR) is 82.5 cm³/mol. The van der Waals surface area contributed by atoms with Crippen LogP contribution in [0.15, 0.2) is 4.47 Å². The molecule has 1 aromatic carbocycles. The van der Waals surface area contributed by atoms with Crippen molar-refractivity contribution in [3.8, 4) is 5.75 Å². The second kappa shape index (κ2) is 5.40. The lowest BCUT2D eigenvalue weighted by Gasteiger charge is -2.31. The first-order valence-corrected chi connectivity index (χ1v) is 7.80. The van der Waals surface area contributed by atoms with Gasteiger partial charge in [-0.05, 0) is 65.2 Å². The molecular formula is C16H21BrO3. The fourth-order valence-electron chi connectivity index (χ4n) is 3.44. The van der Waals surface area contributed by atoms with E-state index < -0.39 is 11.4 Å². The van der Waals surface area contributed by atoms with Gasteiger partial charge in [-0.15, -0.1) is 0 Å². The number of aromatic hydroxyl groups is 1. The lowest BCUT2D eigenvalue weighted by Crippen LogP contribution is -2.24. The zero-order valence-electron chi connectivity index (χ0n) is 12.2. The molecule has 0 atom stereocenters. The Morgan fingerprint density at radius 1 is 1.25 bits per heavy atom. The van der Waals surface area contributed by atoms with Gasteiger partial charge in [-0.1, -0.05) is 13.8 Å². The highest BCUT2D eigenvalue weighted by Gasteiger charge is 2.33. The van der Waals surface area contributed by atoms with Crippen molar-refractivity contribution in [3.05, 3.63) is 26.7 Å². The van der Waals surface area contributed by atoms with Gasteiger partial charge in [-0.3, -0.25) is 4.79 Å². The van der Waals surface area contributed by atoms with E-state index in [4.69, 9.17) is 5.11 Å². The fourth-order valence-corrected chi connectivity index (χ4v) is 4.07. The zero-order valence-corrected chi connectivity index (χ0v) is 13.8. The Morgan fingerprint density at radius 3 is 2.35 bits per heavy atom. The van der Waals surface area contributed by atoms with Gasteiger partial charge in [0.15, 0.2) is 0 Å². The number of fused-ring (bicyclic) bond motifs is 1. The van der Waals surface area contributed by atoms with Crippen LogP contribution in [0.25, 0.3) is 0 Å². The monoisotopic (exact) mass is 340 g/mol. The summed E-state index contributed by atoms with van der Waals surface area (Å²) in [5.41, 5.74) is 3.73. The topological polar surface area (TPSA) is 57.5 Å². The van der Waals surface area contributed by atoms with Crippen LogP contribution in [0.5, 0.6) is 5.75 Å². The van der Waals surface area contributed by atoms with Crippen LogP contribution in [0.2, 0.25) is 0 Å². The molecule has 3 nitrogen and oxygen atoms in total. The molecule has 1 aliphatic rings. The van der Waals surface area contributed by atoms with E-state index in [-0.39, 0.29) is 12.2 Å². The van der Waals surface area contributed by atoms with Crippen LogP contribution in [0.4, 0.5) is 0 Å². The number of phenolic OH excluding ortho intramolecular Hbond substituents is 1. The van der Waals surface area contributed by atoms with Crippen molar-refractivity contribution in [2.24, 2.45) is 0 Å². The number of aliphatic carboxylic acids is 1. The molecule has 0 amide bonds. The molecule has 0 unspecified atom stereocenters. The third kappa shape index (κ3) is 2.58. The number of halogens is 1. The number of carboxylic acid groups (broad SMARTS) is 1. The molecule has 1 aromatic rings. The van der Waals surface area contributed by atoms with Crippen LogP contribution in [-0.4, -0.2) is 16.2 Å². The van der Waals surface area contributed by atoms with Crippen molar-refractivity contribution in [3.63, 3.8) is 0 Å².